The van der Waals surface area contributed by atoms with Gasteiger partial charge in [0.15, 0.2) is 0 Å². The minimum absolute atomic E-state index is 0.176. The standard InChI is InChI=1S/C9H10.C8H7Br.C8H7Cl.2C4H6O2/c1-3-9-6-4-8(2)5-7-9;1-2-7-4-3-5-8(9)6-7;1-2-7-5-3-4-6-8(7)9;2*1-3(2)4(5)6/h3-7H,1H2,2H3;2*2-6H,1H2;2*1H2,2H3,(H,5,6). The van der Waals surface area contributed by atoms with Crippen molar-refractivity contribution in [2.45, 2.75) is 20.8 Å². The Labute approximate surface area is 246 Å². The van der Waals surface area contributed by atoms with Gasteiger partial charge in [0.2, 0.25) is 0 Å². The van der Waals surface area contributed by atoms with E-state index in [2.05, 4.69) is 80.0 Å². The third kappa shape index (κ3) is 20.8. The van der Waals surface area contributed by atoms with Crippen molar-refractivity contribution in [3.8, 4) is 0 Å². The number of halogens is 2. The van der Waals surface area contributed by atoms with Crippen LogP contribution in [-0.2, 0) is 9.59 Å². The van der Waals surface area contributed by atoms with Crippen molar-refractivity contribution in [2.75, 3.05) is 0 Å². The Kier molecular flexibility index (Phi) is 21.1. The highest BCUT2D eigenvalue weighted by molar-refractivity contribution is 9.10. The van der Waals surface area contributed by atoms with E-state index in [0.717, 1.165) is 20.6 Å². The van der Waals surface area contributed by atoms with E-state index in [1.54, 1.807) is 6.08 Å². The number of carbonyl (C=O) groups is 2. The van der Waals surface area contributed by atoms with Crippen molar-refractivity contribution in [2.24, 2.45) is 0 Å². The predicted molar refractivity (Wildman–Crippen MR) is 172 cm³/mol. The molecule has 0 aliphatic heterocycles. The highest BCUT2D eigenvalue weighted by atomic mass is 79.9. The zero-order valence-corrected chi connectivity index (χ0v) is 25.0. The third-order valence-electron chi connectivity index (χ3n) is 4.25. The Morgan fingerprint density at radius 1 is 0.744 bits per heavy atom. The number of hydrogen-bond acceptors (Lipinski definition) is 2. The molecule has 0 heterocycles. The van der Waals surface area contributed by atoms with Gasteiger partial charge in [-0.3, -0.25) is 0 Å². The Hall–Kier alpha value is -3.93. The number of aliphatic carboxylic acids is 2. The lowest BCUT2D eigenvalue weighted by Gasteiger charge is -1.92. The molecule has 3 rings (SSSR count). The monoisotopic (exact) mass is 610 g/mol. The maximum absolute atomic E-state index is 9.60. The summed E-state index contributed by atoms with van der Waals surface area (Å²) < 4.78 is 1.10. The Bertz CT molecular complexity index is 1200. The maximum Gasteiger partial charge on any atom is 0.330 e. The highest BCUT2D eigenvalue weighted by Gasteiger charge is 1.91. The summed E-state index contributed by atoms with van der Waals surface area (Å²) in [6.45, 7) is 22.2. The van der Waals surface area contributed by atoms with Gasteiger partial charge >= 0.3 is 11.9 Å². The van der Waals surface area contributed by atoms with Gasteiger partial charge in [0.25, 0.3) is 0 Å². The molecule has 0 atom stereocenters. The molecule has 0 aromatic heterocycles. The van der Waals surface area contributed by atoms with Gasteiger partial charge < -0.3 is 10.2 Å². The molecule has 0 radical (unpaired) electrons. The smallest absolute Gasteiger partial charge is 0.330 e. The molecule has 39 heavy (non-hydrogen) atoms. The summed E-state index contributed by atoms with van der Waals surface area (Å²) in [5.74, 6) is -1.87. The number of carboxylic acid groups (broad SMARTS) is 2. The minimum Gasteiger partial charge on any atom is -0.478 e. The summed E-state index contributed by atoms with van der Waals surface area (Å²) in [6, 6.07) is 23.9. The zero-order chi connectivity index (χ0) is 30.4. The van der Waals surface area contributed by atoms with Crippen molar-refractivity contribution < 1.29 is 19.8 Å². The largest absolute Gasteiger partial charge is 0.478 e. The molecule has 0 aliphatic rings. The Balaban J connectivity index is 0. The normalized spacial score (nSPS) is 8.54. The van der Waals surface area contributed by atoms with E-state index in [1.807, 2.05) is 60.7 Å². The van der Waals surface area contributed by atoms with Crippen LogP contribution in [-0.4, -0.2) is 22.2 Å². The van der Waals surface area contributed by atoms with Crippen LogP contribution in [0.3, 0.4) is 0 Å². The molecule has 0 unspecified atom stereocenters. The average Bonchev–Trinajstić information content (AvgIpc) is 2.90. The van der Waals surface area contributed by atoms with Gasteiger partial charge in [-0.2, -0.15) is 0 Å². The second-order valence-electron chi connectivity index (χ2n) is 7.77. The fraction of sp³-hybridized carbons (Fsp3) is 0.0909. The van der Waals surface area contributed by atoms with Crippen molar-refractivity contribution in [3.63, 3.8) is 0 Å². The van der Waals surface area contributed by atoms with Crippen LogP contribution in [0, 0.1) is 6.92 Å². The number of benzene rings is 3. The second kappa shape index (κ2) is 22.1. The summed E-state index contributed by atoms with van der Waals surface area (Å²) in [6.07, 6.45) is 5.41. The lowest BCUT2D eigenvalue weighted by atomic mass is 10.2. The molecule has 0 aliphatic carbocycles. The minimum atomic E-state index is -0.935. The van der Waals surface area contributed by atoms with Crippen LogP contribution >= 0.6 is 27.5 Å². The van der Waals surface area contributed by atoms with E-state index in [-0.39, 0.29) is 11.1 Å². The highest BCUT2D eigenvalue weighted by Crippen LogP contribution is 2.15. The van der Waals surface area contributed by atoms with E-state index in [0.29, 0.717) is 0 Å². The van der Waals surface area contributed by atoms with Crippen LogP contribution in [0.2, 0.25) is 5.02 Å². The van der Waals surface area contributed by atoms with Gasteiger partial charge in [-0.25, -0.2) is 9.59 Å². The van der Waals surface area contributed by atoms with E-state index < -0.39 is 11.9 Å². The first-order valence-corrected chi connectivity index (χ1v) is 12.7. The molecule has 3 aromatic carbocycles. The molecule has 0 spiro atoms. The van der Waals surface area contributed by atoms with Gasteiger partial charge in [-0.15, -0.1) is 0 Å². The van der Waals surface area contributed by atoms with E-state index >= 15 is 0 Å². The molecule has 3 aromatic rings. The molecule has 6 heteroatoms. The van der Waals surface area contributed by atoms with Crippen LogP contribution in [0.15, 0.2) is 121 Å². The van der Waals surface area contributed by atoms with Crippen molar-refractivity contribution in [3.05, 3.63) is 149 Å². The van der Waals surface area contributed by atoms with Gasteiger partial charge in [-0.05, 0) is 55.7 Å². The number of rotatable bonds is 5. The molecule has 0 saturated carbocycles. The molecular formula is C33H36BrClO4. The fourth-order valence-electron chi connectivity index (χ4n) is 1.98. The lowest BCUT2D eigenvalue weighted by molar-refractivity contribution is -0.133. The summed E-state index contributed by atoms with van der Waals surface area (Å²) in [4.78, 5) is 19.2. The van der Waals surface area contributed by atoms with Crippen LogP contribution < -0.4 is 0 Å². The third-order valence-corrected chi connectivity index (χ3v) is 5.09. The number of aryl methyl sites for hydroxylation is 1. The Morgan fingerprint density at radius 2 is 1.21 bits per heavy atom. The quantitative estimate of drug-likeness (QED) is 0.282. The summed E-state index contributed by atoms with van der Waals surface area (Å²) in [5.41, 5.74) is 4.95. The van der Waals surface area contributed by atoms with E-state index in [9.17, 15) is 9.59 Å². The second-order valence-corrected chi connectivity index (χ2v) is 9.09. The summed E-state index contributed by atoms with van der Waals surface area (Å²) in [7, 11) is 0. The van der Waals surface area contributed by atoms with E-state index in [4.69, 9.17) is 21.8 Å². The van der Waals surface area contributed by atoms with Gasteiger partial charge in [0.05, 0.1) is 0 Å². The maximum atomic E-state index is 9.60. The average molecular weight is 612 g/mol. The first-order valence-electron chi connectivity index (χ1n) is 11.5. The molecule has 0 saturated heterocycles. The molecular weight excluding hydrogens is 576 g/mol. The topological polar surface area (TPSA) is 74.6 Å². The predicted octanol–water partition coefficient (Wildman–Crippen LogP) is 10.0. The number of carboxylic acids is 2. The fourth-order valence-corrected chi connectivity index (χ4v) is 2.61. The lowest BCUT2D eigenvalue weighted by Crippen LogP contribution is -1.92. The number of hydrogen-bond donors (Lipinski definition) is 2. The van der Waals surface area contributed by atoms with Gasteiger partial charge in [0.1, 0.15) is 0 Å². The van der Waals surface area contributed by atoms with Crippen molar-refractivity contribution in [1.82, 2.24) is 0 Å². The first-order chi connectivity index (χ1) is 18.3. The molecule has 4 nitrogen and oxygen atoms in total. The van der Waals surface area contributed by atoms with Crippen molar-refractivity contribution in [1.29, 1.82) is 0 Å². The molecule has 0 amide bonds. The van der Waals surface area contributed by atoms with Crippen LogP contribution in [0.25, 0.3) is 18.2 Å². The zero-order valence-electron chi connectivity index (χ0n) is 22.7. The summed E-state index contributed by atoms with van der Waals surface area (Å²) >= 11 is 9.11. The van der Waals surface area contributed by atoms with Gasteiger partial charge in [0, 0.05) is 20.6 Å². The Morgan fingerprint density at radius 3 is 1.51 bits per heavy atom. The van der Waals surface area contributed by atoms with Crippen LogP contribution in [0.4, 0.5) is 0 Å². The molecule has 0 bridgehead atoms. The molecule has 206 valence electrons. The van der Waals surface area contributed by atoms with Crippen molar-refractivity contribution >= 4 is 57.7 Å². The summed E-state index contributed by atoms with van der Waals surface area (Å²) in [5, 5.41) is 16.5. The molecule has 0 fully saturated rings. The van der Waals surface area contributed by atoms with Crippen LogP contribution in [0.1, 0.15) is 36.1 Å². The molecule has 2 N–H and O–H groups in total. The first kappa shape index (κ1) is 37.2. The van der Waals surface area contributed by atoms with E-state index in [1.165, 1.54) is 25.0 Å². The van der Waals surface area contributed by atoms with Crippen LogP contribution in [0.5, 0.6) is 0 Å². The van der Waals surface area contributed by atoms with Gasteiger partial charge in [-0.1, -0.05) is 139 Å². The SMILES string of the molecule is C=C(C)C(=O)O.C=C(C)C(=O)O.C=Cc1ccc(C)cc1.C=Cc1cccc(Br)c1.C=Cc1ccccc1Cl.